The van der Waals surface area contributed by atoms with Crippen LogP contribution in [0.2, 0.25) is 0 Å². The van der Waals surface area contributed by atoms with Gasteiger partial charge in [0.25, 0.3) is 0 Å². The van der Waals surface area contributed by atoms with Crippen LogP contribution >= 0.6 is 0 Å². The Morgan fingerprint density at radius 1 is 0.800 bits per heavy atom. The van der Waals surface area contributed by atoms with Crippen molar-refractivity contribution >= 4 is 0 Å². The topological polar surface area (TPSA) is 3.24 Å². The number of aryl methyl sites for hydroxylation is 1. The van der Waals surface area contributed by atoms with Gasteiger partial charge in [0.2, 0.25) is 0 Å². The molecule has 1 aliphatic rings. The van der Waals surface area contributed by atoms with Crippen molar-refractivity contribution in [3.63, 3.8) is 0 Å². The molecule has 3 aromatic rings. The lowest BCUT2D eigenvalue weighted by Crippen LogP contribution is -2.42. The molecule has 3 aromatic carbocycles. The van der Waals surface area contributed by atoms with E-state index in [0.29, 0.717) is 12.1 Å². The molecular weight excluding hydrogens is 302 g/mol. The van der Waals surface area contributed by atoms with Crippen LogP contribution in [0.5, 0.6) is 0 Å². The Bertz CT molecular complexity index is 853. The van der Waals surface area contributed by atoms with Crippen LogP contribution < -0.4 is 0 Å². The van der Waals surface area contributed by atoms with E-state index in [1.54, 1.807) is 0 Å². The molecule has 0 saturated carbocycles. The molecule has 0 saturated heterocycles. The lowest BCUT2D eigenvalue weighted by atomic mass is 9.83. The van der Waals surface area contributed by atoms with Gasteiger partial charge < -0.3 is 0 Å². The fraction of sp³-hybridized carbons (Fsp3) is 0.250. The molecule has 0 fully saturated rings. The van der Waals surface area contributed by atoms with Crippen LogP contribution in [-0.2, 0) is 13.0 Å². The maximum Gasteiger partial charge on any atom is 0.0612 e. The second kappa shape index (κ2) is 6.85. The Balaban J connectivity index is 1.82. The minimum atomic E-state index is 0.321. The molecule has 1 heterocycles. The highest BCUT2D eigenvalue weighted by atomic mass is 15.2. The molecule has 4 rings (SSSR count). The summed E-state index contributed by atoms with van der Waals surface area (Å²) in [4.78, 5) is 2.67. The van der Waals surface area contributed by atoms with E-state index in [2.05, 4.69) is 97.6 Å². The average molecular weight is 327 g/mol. The fourth-order valence-electron chi connectivity index (χ4n) is 4.14. The second-order valence-corrected chi connectivity index (χ2v) is 7.17. The zero-order valence-corrected chi connectivity index (χ0v) is 15.0. The van der Waals surface area contributed by atoms with Gasteiger partial charge in [-0.05, 0) is 48.1 Å². The van der Waals surface area contributed by atoms with Crippen LogP contribution in [0.4, 0.5) is 0 Å². The Hall–Kier alpha value is -2.38. The van der Waals surface area contributed by atoms with Crippen molar-refractivity contribution in [2.45, 2.75) is 38.9 Å². The first-order valence-electron chi connectivity index (χ1n) is 9.17. The predicted octanol–water partition coefficient (Wildman–Crippen LogP) is 5.53. The molecule has 2 atom stereocenters. The number of hydrogen-bond donors (Lipinski definition) is 0. The number of rotatable bonds is 3. The maximum atomic E-state index is 2.67. The molecule has 1 heteroatoms. The zero-order chi connectivity index (χ0) is 17.2. The number of hydrogen-bond acceptors (Lipinski definition) is 1. The number of fused-ring (bicyclic) bond motifs is 1. The summed E-state index contributed by atoms with van der Waals surface area (Å²) in [6, 6.07) is 29.5. The monoisotopic (exact) mass is 327 g/mol. The van der Waals surface area contributed by atoms with Crippen LogP contribution in [0.1, 0.15) is 40.8 Å². The molecule has 0 bridgehead atoms. The van der Waals surface area contributed by atoms with Crippen LogP contribution in [0, 0.1) is 6.92 Å². The third-order valence-corrected chi connectivity index (χ3v) is 5.45. The molecule has 25 heavy (non-hydrogen) atoms. The molecule has 0 amide bonds. The van der Waals surface area contributed by atoms with Crippen molar-refractivity contribution in [3.8, 4) is 0 Å². The molecule has 0 N–H and O–H groups in total. The standard InChI is InChI=1S/C24H25N/c1-18-10-6-8-14-22(18)24-23-15-9-7-13-21(23)16-19(2)25(24)17-20-11-4-3-5-12-20/h3-15,19,24H,16-17H2,1-2H3. The Kier molecular flexibility index (Phi) is 4.42. The lowest BCUT2D eigenvalue weighted by molar-refractivity contribution is 0.141. The minimum Gasteiger partial charge on any atom is -0.285 e. The third-order valence-electron chi connectivity index (χ3n) is 5.45. The van der Waals surface area contributed by atoms with E-state index in [0.717, 1.165) is 13.0 Å². The summed E-state index contributed by atoms with van der Waals surface area (Å²) in [5.74, 6) is 0. The number of nitrogens with zero attached hydrogens (tertiary/aromatic N) is 1. The predicted molar refractivity (Wildman–Crippen MR) is 105 cm³/mol. The molecule has 1 aliphatic heterocycles. The first kappa shape index (κ1) is 16.1. The minimum absolute atomic E-state index is 0.321. The Labute approximate surface area is 150 Å². The first-order chi connectivity index (χ1) is 12.2. The lowest BCUT2D eigenvalue weighted by Gasteiger charge is -2.43. The van der Waals surface area contributed by atoms with E-state index in [4.69, 9.17) is 0 Å². The van der Waals surface area contributed by atoms with Crippen molar-refractivity contribution in [1.29, 1.82) is 0 Å². The van der Waals surface area contributed by atoms with Gasteiger partial charge in [-0.15, -0.1) is 0 Å². The molecule has 0 radical (unpaired) electrons. The van der Waals surface area contributed by atoms with Crippen LogP contribution in [0.15, 0.2) is 78.9 Å². The second-order valence-electron chi connectivity index (χ2n) is 7.17. The normalized spacial score (nSPS) is 20.2. The van der Waals surface area contributed by atoms with Gasteiger partial charge in [-0.3, -0.25) is 4.90 Å². The van der Waals surface area contributed by atoms with Gasteiger partial charge in [-0.2, -0.15) is 0 Å². The molecular formula is C24H25N. The van der Waals surface area contributed by atoms with E-state index >= 15 is 0 Å². The largest absolute Gasteiger partial charge is 0.285 e. The fourth-order valence-corrected chi connectivity index (χ4v) is 4.14. The molecule has 2 unspecified atom stereocenters. The van der Waals surface area contributed by atoms with Crippen LogP contribution in [0.25, 0.3) is 0 Å². The molecule has 0 aliphatic carbocycles. The van der Waals surface area contributed by atoms with Crippen molar-refractivity contribution in [1.82, 2.24) is 4.90 Å². The molecule has 1 nitrogen and oxygen atoms in total. The van der Waals surface area contributed by atoms with Crippen LogP contribution in [0.3, 0.4) is 0 Å². The first-order valence-corrected chi connectivity index (χ1v) is 9.17. The van der Waals surface area contributed by atoms with Crippen LogP contribution in [-0.4, -0.2) is 10.9 Å². The summed E-state index contributed by atoms with van der Waals surface area (Å²) in [5.41, 5.74) is 7.14. The van der Waals surface area contributed by atoms with Gasteiger partial charge in [0, 0.05) is 12.6 Å². The van der Waals surface area contributed by atoms with Crippen molar-refractivity contribution < 1.29 is 0 Å². The van der Waals surface area contributed by atoms with Crippen molar-refractivity contribution in [2.24, 2.45) is 0 Å². The van der Waals surface area contributed by atoms with E-state index in [-0.39, 0.29) is 0 Å². The molecule has 0 aromatic heterocycles. The Morgan fingerprint density at radius 2 is 1.44 bits per heavy atom. The van der Waals surface area contributed by atoms with Crippen molar-refractivity contribution in [2.75, 3.05) is 0 Å². The van der Waals surface area contributed by atoms with Gasteiger partial charge in [0.15, 0.2) is 0 Å². The van der Waals surface area contributed by atoms with Crippen molar-refractivity contribution in [3.05, 3.63) is 107 Å². The Morgan fingerprint density at radius 3 is 2.20 bits per heavy atom. The highest BCUT2D eigenvalue weighted by Crippen LogP contribution is 2.39. The quantitative estimate of drug-likeness (QED) is 0.611. The molecule has 0 spiro atoms. The summed E-state index contributed by atoms with van der Waals surface area (Å²) in [6.45, 7) is 5.58. The van der Waals surface area contributed by atoms with E-state index < -0.39 is 0 Å². The van der Waals surface area contributed by atoms with E-state index in [1.165, 1.54) is 27.8 Å². The SMILES string of the molecule is Cc1ccccc1C1c2ccccc2CC(C)N1Cc1ccccc1. The summed E-state index contributed by atoms with van der Waals surface area (Å²) >= 11 is 0. The highest BCUT2D eigenvalue weighted by Gasteiger charge is 2.33. The van der Waals surface area contributed by atoms with Gasteiger partial charge in [0.1, 0.15) is 0 Å². The zero-order valence-electron chi connectivity index (χ0n) is 15.0. The van der Waals surface area contributed by atoms with E-state index in [9.17, 15) is 0 Å². The average Bonchev–Trinajstić information content (AvgIpc) is 2.64. The van der Waals surface area contributed by atoms with E-state index in [1.807, 2.05) is 0 Å². The van der Waals surface area contributed by atoms with Gasteiger partial charge in [-0.1, -0.05) is 78.9 Å². The smallest absolute Gasteiger partial charge is 0.0612 e. The highest BCUT2D eigenvalue weighted by molar-refractivity contribution is 5.43. The molecule has 126 valence electrons. The maximum absolute atomic E-state index is 2.67. The summed E-state index contributed by atoms with van der Waals surface area (Å²) in [5, 5.41) is 0. The summed E-state index contributed by atoms with van der Waals surface area (Å²) in [7, 11) is 0. The summed E-state index contributed by atoms with van der Waals surface area (Å²) < 4.78 is 0. The summed E-state index contributed by atoms with van der Waals surface area (Å²) in [6.07, 6.45) is 1.12. The van der Waals surface area contributed by atoms with Gasteiger partial charge in [0.05, 0.1) is 6.04 Å². The van der Waals surface area contributed by atoms with Gasteiger partial charge >= 0.3 is 0 Å². The van der Waals surface area contributed by atoms with Gasteiger partial charge in [-0.25, -0.2) is 0 Å². The third kappa shape index (κ3) is 3.12. The number of benzene rings is 3.